The second-order valence-electron chi connectivity index (χ2n) is 3.87. The number of rotatable bonds is 6. The minimum absolute atomic E-state index is 0.184. The molecule has 2 rings (SSSR count). The third-order valence-electron chi connectivity index (χ3n) is 2.40. The molecule has 7 nitrogen and oxygen atoms in total. The van der Waals surface area contributed by atoms with E-state index in [-0.39, 0.29) is 4.90 Å². The zero-order chi connectivity index (χ0) is 13.7. The van der Waals surface area contributed by atoms with Crippen molar-refractivity contribution in [2.45, 2.75) is 18.4 Å². The Kier molecular flexibility index (Phi) is 4.13. The van der Waals surface area contributed by atoms with Crippen LogP contribution in [0.5, 0.6) is 0 Å². The lowest BCUT2D eigenvalue weighted by molar-refractivity contribution is 0.601. The van der Waals surface area contributed by atoms with Crippen molar-refractivity contribution < 1.29 is 8.42 Å². The largest absolute Gasteiger partial charge is 0.363 e. The zero-order valence-electron chi connectivity index (χ0n) is 10.4. The van der Waals surface area contributed by atoms with Gasteiger partial charge in [-0.15, -0.1) is 0 Å². The molecule has 8 heteroatoms. The van der Waals surface area contributed by atoms with Crippen molar-refractivity contribution in [2.75, 3.05) is 11.3 Å². The van der Waals surface area contributed by atoms with E-state index in [9.17, 15) is 8.42 Å². The van der Waals surface area contributed by atoms with Gasteiger partial charge in [0.1, 0.15) is 11.2 Å². The molecular weight excluding hydrogens is 266 g/mol. The minimum atomic E-state index is -3.61. The molecule has 0 aliphatic carbocycles. The Bertz CT molecular complexity index is 624. The van der Waals surface area contributed by atoms with Crippen LogP contribution in [0.2, 0.25) is 0 Å². The van der Waals surface area contributed by atoms with Crippen LogP contribution in [0.4, 0.5) is 5.69 Å². The van der Waals surface area contributed by atoms with Crippen LogP contribution in [-0.4, -0.2) is 29.9 Å². The number of sulfonamides is 1. The summed E-state index contributed by atoms with van der Waals surface area (Å²) in [6.45, 7) is 3.40. The summed E-state index contributed by atoms with van der Waals surface area (Å²) < 4.78 is 26.6. The molecule has 0 unspecified atom stereocenters. The van der Waals surface area contributed by atoms with Gasteiger partial charge in [-0.2, -0.15) is 0 Å². The zero-order valence-corrected chi connectivity index (χ0v) is 11.2. The van der Waals surface area contributed by atoms with Crippen LogP contribution in [-0.2, 0) is 16.6 Å². The summed E-state index contributed by atoms with van der Waals surface area (Å²) >= 11 is 0. The van der Waals surface area contributed by atoms with Crippen LogP contribution in [0.15, 0.2) is 35.9 Å². The number of aromatic nitrogens is 3. The first-order valence-corrected chi connectivity index (χ1v) is 7.26. The second kappa shape index (κ2) is 5.81. The van der Waals surface area contributed by atoms with Gasteiger partial charge in [0.15, 0.2) is 0 Å². The molecule has 0 aliphatic heterocycles. The molecule has 0 bridgehead atoms. The molecule has 0 aromatic carbocycles. The maximum Gasteiger partial charge on any atom is 0.263 e. The highest BCUT2D eigenvalue weighted by Crippen LogP contribution is 2.15. The number of H-pyrrole nitrogens is 1. The monoisotopic (exact) mass is 281 g/mol. The summed E-state index contributed by atoms with van der Waals surface area (Å²) in [5, 5.41) is 3.11. The molecule has 3 N–H and O–H groups in total. The molecule has 19 heavy (non-hydrogen) atoms. The van der Waals surface area contributed by atoms with Gasteiger partial charge in [-0.25, -0.2) is 18.4 Å². The maximum atomic E-state index is 12.1. The number of hydrogen-bond acceptors (Lipinski definition) is 5. The second-order valence-corrected chi connectivity index (χ2v) is 5.56. The third-order valence-corrected chi connectivity index (χ3v) is 3.77. The molecule has 0 saturated heterocycles. The van der Waals surface area contributed by atoms with Crippen molar-refractivity contribution in [1.29, 1.82) is 0 Å². The topological polar surface area (TPSA) is 99.8 Å². The summed E-state index contributed by atoms with van der Waals surface area (Å²) in [5.74, 6) is 0. The lowest BCUT2D eigenvalue weighted by Gasteiger charge is -2.04. The smallest absolute Gasteiger partial charge is 0.263 e. The Morgan fingerprint density at radius 1 is 1.32 bits per heavy atom. The number of aromatic amines is 1. The minimum Gasteiger partial charge on any atom is -0.363 e. The van der Waals surface area contributed by atoms with Gasteiger partial charge < -0.3 is 10.3 Å². The Labute approximate surface area is 111 Å². The van der Waals surface area contributed by atoms with Crippen molar-refractivity contribution in [3.8, 4) is 0 Å². The first-order valence-electron chi connectivity index (χ1n) is 5.77. The Hall–Kier alpha value is -1.93. The van der Waals surface area contributed by atoms with Gasteiger partial charge in [0, 0.05) is 18.4 Å². The molecule has 2 aromatic heterocycles. The van der Waals surface area contributed by atoms with Crippen LogP contribution in [0.3, 0.4) is 0 Å². The predicted molar refractivity (Wildman–Crippen MR) is 71.0 cm³/mol. The number of anilines is 1. The van der Waals surface area contributed by atoms with Crippen LogP contribution in [0.1, 0.15) is 12.6 Å². The maximum absolute atomic E-state index is 12.1. The highest BCUT2D eigenvalue weighted by Gasteiger charge is 2.16. The van der Waals surface area contributed by atoms with E-state index in [0.717, 1.165) is 12.2 Å². The summed E-state index contributed by atoms with van der Waals surface area (Å²) in [7, 11) is -3.61. The first-order chi connectivity index (χ1) is 9.12. The molecule has 102 valence electrons. The van der Waals surface area contributed by atoms with Crippen LogP contribution >= 0.6 is 0 Å². The lowest BCUT2D eigenvalue weighted by atomic mass is 10.4. The SMILES string of the molecule is CCNCc1cc(S(=O)(=O)Nc2cncnc2)c[nH]1. The van der Waals surface area contributed by atoms with Gasteiger partial charge in [0.2, 0.25) is 0 Å². The Morgan fingerprint density at radius 2 is 2.05 bits per heavy atom. The van der Waals surface area contributed by atoms with E-state index in [1.54, 1.807) is 6.07 Å². The number of nitrogens with zero attached hydrogens (tertiary/aromatic N) is 2. The average molecular weight is 281 g/mol. The molecule has 2 heterocycles. The van der Waals surface area contributed by atoms with Crippen LogP contribution < -0.4 is 10.0 Å². The average Bonchev–Trinajstić information content (AvgIpc) is 2.86. The molecule has 0 radical (unpaired) electrons. The number of nitrogens with one attached hydrogen (secondary N) is 3. The van der Waals surface area contributed by atoms with E-state index in [4.69, 9.17) is 0 Å². The van der Waals surface area contributed by atoms with Crippen molar-refractivity contribution >= 4 is 15.7 Å². The summed E-state index contributed by atoms with van der Waals surface area (Å²) in [5.41, 5.74) is 1.14. The molecule has 0 saturated carbocycles. The van der Waals surface area contributed by atoms with Gasteiger partial charge in [0.05, 0.1) is 18.1 Å². The summed E-state index contributed by atoms with van der Waals surface area (Å²) in [6, 6.07) is 1.59. The van der Waals surface area contributed by atoms with Crippen molar-refractivity contribution in [1.82, 2.24) is 20.3 Å². The standard InChI is InChI=1S/C11H15N5O2S/c1-2-12-4-9-3-11(7-15-9)19(17,18)16-10-5-13-8-14-6-10/h3,5-8,12,15-16H,2,4H2,1H3. The Morgan fingerprint density at radius 3 is 2.74 bits per heavy atom. The molecule has 2 aromatic rings. The van der Waals surface area contributed by atoms with Crippen LogP contribution in [0, 0.1) is 0 Å². The molecule has 0 atom stereocenters. The van der Waals surface area contributed by atoms with E-state index in [0.29, 0.717) is 12.2 Å². The highest BCUT2D eigenvalue weighted by atomic mass is 32.2. The first kappa shape index (κ1) is 13.5. The fourth-order valence-electron chi connectivity index (χ4n) is 1.50. The van der Waals surface area contributed by atoms with Crippen molar-refractivity contribution in [2.24, 2.45) is 0 Å². The molecular formula is C11H15N5O2S. The van der Waals surface area contributed by atoms with Gasteiger partial charge >= 0.3 is 0 Å². The Balaban J connectivity index is 2.13. The van der Waals surface area contributed by atoms with Gasteiger partial charge in [-0.05, 0) is 12.6 Å². The molecule has 0 amide bonds. The molecule has 0 spiro atoms. The normalized spacial score (nSPS) is 11.4. The van der Waals surface area contributed by atoms with Gasteiger partial charge in [0.25, 0.3) is 10.0 Å². The predicted octanol–water partition coefficient (Wildman–Crippen LogP) is 0.715. The fraction of sp³-hybridized carbons (Fsp3) is 0.273. The number of hydrogen-bond donors (Lipinski definition) is 3. The molecule has 0 aliphatic rings. The van der Waals surface area contributed by atoms with Crippen LogP contribution in [0.25, 0.3) is 0 Å². The molecule has 0 fully saturated rings. The van der Waals surface area contributed by atoms with Crippen molar-refractivity contribution in [3.05, 3.63) is 36.7 Å². The lowest BCUT2D eigenvalue weighted by Crippen LogP contribution is -2.13. The summed E-state index contributed by atoms with van der Waals surface area (Å²) in [4.78, 5) is 10.6. The fourth-order valence-corrected chi connectivity index (χ4v) is 2.55. The van der Waals surface area contributed by atoms with E-state index >= 15 is 0 Å². The van der Waals surface area contributed by atoms with E-state index in [1.165, 1.54) is 24.9 Å². The van der Waals surface area contributed by atoms with E-state index < -0.39 is 10.0 Å². The highest BCUT2D eigenvalue weighted by molar-refractivity contribution is 7.92. The third kappa shape index (κ3) is 3.52. The van der Waals surface area contributed by atoms with Crippen molar-refractivity contribution in [3.63, 3.8) is 0 Å². The van der Waals surface area contributed by atoms with Gasteiger partial charge in [-0.3, -0.25) is 4.72 Å². The van der Waals surface area contributed by atoms with E-state index in [2.05, 4.69) is 25.0 Å². The van der Waals surface area contributed by atoms with E-state index in [1.807, 2.05) is 6.92 Å². The summed E-state index contributed by atoms with van der Waals surface area (Å²) in [6.07, 6.45) is 5.59. The quantitative estimate of drug-likeness (QED) is 0.724. The van der Waals surface area contributed by atoms with Gasteiger partial charge in [-0.1, -0.05) is 6.92 Å².